The number of sulfonamides is 1. The van der Waals surface area contributed by atoms with Crippen molar-refractivity contribution in [2.45, 2.75) is 20.4 Å². The van der Waals surface area contributed by atoms with Gasteiger partial charge in [-0.25, -0.2) is 8.42 Å². The molecule has 0 fully saturated rings. The molecule has 7 nitrogen and oxygen atoms in total. The van der Waals surface area contributed by atoms with Gasteiger partial charge in [-0.15, -0.1) is 0 Å². The van der Waals surface area contributed by atoms with Crippen LogP contribution in [-0.4, -0.2) is 34.8 Å². The Morgan fingerprint density at radius 1 is 0.939 bits per heavy atom. The van der Waals surface area contributed by atoms with Crippen LogP contribution in [0.1, 0.15) is 27.0 Å². The number of amides is 1. The number of rotatable bonds is 8. The lowest BCUT2D eigenvalue weighted by atomic mass is 10.1. The van der Waals surface area contributed by atoms with E-state index in [0.29, 0.717) is 28.4 Å². The van der Waals surface area contributed by atoms with Gasteiger partial charge in [0.25, 0.3) is 5.91 Å². The molecule has 33 heavy (non-hydrogen) atoms. The van der Waals surface area contributed by atoms with E-state index in [2.05, 4.69) is 5.32 Å². The summed E-state index contributed by atoms with van der Waals surface area (Å²) in [6.45, 7) is 4.06. The zero-order valence-corrected chi connectivity index (χ0v) is 20.2. The molecule has 0 aromatic heterocycles. The maximum Gasteiger partial charge on any atom is 0.259 e. The summed E-state index contributed by atoms with van der Waals surface area (Å²) in [6, 6.07) is 17.7. The molecule has 0 bridgehead atoms. The van der Waals surface area contributed by atoms with E-state index < -0.39 is 10.0 Å². The predicted octanol–water partition coefficient (Wildman–Crippen LogP) is 4.54. The summed E-state index contributed by atoms with van der Waals surface area (Å²) in [5.41, 5.74) is 4.29. The number of para-hydroxylation sites is 1. The number of nitrogens with zero attached hydrogens (tertiary/aromatic N) is 1. The molecule has 0 aliphatic rings. The first kappa shape index (κ1) is 24.1. The van der Waals surface area contributed by atoms with Crippen LogP contribution in [0.15, 0.2) is 60.7 Å². The van der Waals surface area contributed by atoms with Crippen molar-refractivity contribution in [1.82, 2.24) is 0 Å². The average Bonchev–Trinajstić information content (AvgIpc) is 2.78. The molecular weight excluding hydrogens is 440 g/mol. The van der Waals surface area contributed by atoms with Crippen LogP contribution < -0.4 is 19.1 Å². The number of anilines is 2. The molecule has 3 aromatic rings. The lowest BCUT2D eigenvalue weighted by Gasteiger charge is -2.23. The fourth-order valence-electron chi connectivity index (χ4n) is 3.46. The topological polar surface area (TPSA) is 84.9 Å². The molecule has 174 valence electrons. The minimum atomic E-state index is -3.53. The van der Waals surface area contributed by atoms with Crippen LogP contribution in [0.4, 0.5) is 11.4 Å². The Bertz CT molecular complexity index is 1270. The number of ether oxygens (including phenoxy) is 2. The molecule has 0 radical (unpaired) electrons. The molecule has 3 rings (SSSR count). The number of carbonyl (C=O) groups excluding carboxylic acids is 1. The van der Waals surface area contributed by atoms with E-state index in [-0.39, 0.29) is 12.5 Å². The van der Waals surface area contributed by atoms with Crippen molar-refractivity contribution in [2.24, 2.45) is 0 Å². The Labute approximate surface area is 195 Å². The van der Waals surface area contributed by atoms with Crippen LogP contribution in [0.25, 0.3) is 0 Å². The summed E-state index contributed by atoms with van der Waals surface area (Å²) in [5, 5.41) is 2.85. The standard InChI is InChI=1S/C25H28N2O5S/c1-17-12-13-21(14-18(17)2)27(33(5,29)30)16-19-8-6-9-20(15-19)26-25(28)22-10-7-11-23(31-3)24(22)32-4/h6-15H,16H2,1-5H3,(H,26,28). The number of hydrogen-bond donors (Lipinski definition) is 1. The second-order valence-electron chi connectivity index (χ2n) is 7.73. The highest BCUT2D eigenvalue weighted by atomic mass is 32.2. The van der Waals surface area contributed by atoms with E-state index in [9.17, 15) is 13.2 Å². The summed E-state index contributed by atoms with van der Waals surface area (Å²) in [4.78, 5) is 12.9. The van der Waals surface area contributed by atoms with Gasteiger partial charge in [-0.3, -0.25) is 9.10 Å². The lowest BCUT2D eigenvalue weighted by Crippen LogP contribution is -2.29. The van der Waals surface area contributed by atoms with Gasteiger partial charge in [0.05, 0.1) is 38.3 Å². The van der Waals surface area contributed by atoms with Crippen molar-refractivity contribution in [3.63, 3.8) is 0 Å². The Morgan fingerprint density at radius 2 is 1.67 bits per heavy atom. The van der Waals surface area contributed by atoms with E-state index in [1.54, 1.807) is 42.5 Å². The number of nitrogens with one attached hydrogen (secondary N) is 1. The van der Waals surface area contributed by atoms with Crippen LogP contribution in [-0.2, 0) is 16.6 Å². The molecular formula is C25H28N2O5S. The van der Waals surface area contributed by atoms with Crippen molar-refractivity contribution in [3.05, 3.63) is 82.9 Å². The van der Waals surface area contributed by atoms with Crippen molar-refractivity contribution >= 4 is 27.3 Å². The lowest BCUT2D eigenvalue weighted by molar-refractivity contribution is 0.102. The summed E-state index contributed by atoms with van der Waals surface area (Å²) < 4.78 is 37.0. The van der Waals surface area contributed by atoms with Gasteiger partial charge >= 0.3 is 0 Å². The molecule has 8 heteroatoms. The molecule has 0 aliphatic carbocycles. The first-order chi connectivity index (χ1) is 15.6. The second kappa shape index (κ2) is 9.95. The molecule has 0 aliphatic heterocycles. The van der Waals surface area contributed by atoms with E-state index in [4.69, 9.17) is 9.47 Å². The third kappa shape index (κ3) is 5.64. The van der Waals surface area contributed by atoms with Gasteiger partial charge < -0.3 is 14.8 Å². The van der Waals surface area contributed by atoms with Crippen LogP contribution >= 0.6 is 0 Å². The Balaban J connectivity index is 1.87. The maximum atomic E-state index is 12.9. The highest BCUT2D eigenvalue weighted by molar-refractivity contribution is 7.92. The molecule has 3 aromatic carbocycles. The Morgan fingerprint density at radius 3 is 2.30 bits per heavy atom. The zero-order chi connectivity index (χ0) is 24.2. The summed E-state index contributed by atoms with van der Waals surface area (Å²) in [6.07, 6.45) is 1.18. The molecule has 0 spiro atoms. The highest BCUT2D eigenvalue weighted by Gasteiger charge is 2.20. The molecule has 0 heterocycles. The third-order valence-corrected chi connectivity index (χ3v) is 6.48. The van der Waals surface area contributed by atoms with E-state index >= 15 is 0 Å². The van der Waals surface area contributed by atoms with Crippen molar-refractivity contribution < 1.29 is 22.7 Å². The van der Waals surface area contributed by atoms with Gasteiger partial charge in [-0.05, 0) is 66.9 Å². The van der Waals surface area contributed by atoms with E-state index in [1.807, 2.05) is 32.0 Å². The molecule has 0 unspecified atom stereocenters. The van der Waals surface area contributed by atoms with Crippen molar-refractivity contribution in [1.29, 1.82) is 0 Å². The van der Waals surface area contributed by atoms with Crippen LogP contribution in [0.3, 0.4) is 0 Å². The van der Waals surface area contributed by atoms with E-state index in [1.165, 1.54) is 24.8 Å². The zero-order valence-electron chi connectivity index (χ0n) is 19.4. The number of methoxy groups -OCH3 is 2. The van der Waals surface area contributed by atoms with Crippen molar-refractivity contribution in [2.75, 3.05) is 30.1 Å². The van der Waals surface area contributed by atoms with Gasteiger partial charge in [0.15, 0.2) is 11.5 Å². The molecule has 1 amide bonds. The van der Waals surface area contributed by atoms with Crippen LogP contribution in [0.2, 0.25) is 0 Å². The first-order valence-electron chi connectivity index (χ1n) is 10.3. The molecule has 0 atom stereocenters. The third-order valence-electron chi connectivity index (χ3n) is 5.34. The normalized spacial score (nSPS) is 11.1. The Hall–Kier alpha value is -3.52. The van der Waals surface area contributed by atoms with Gasteiger partial charge in [-0.2, -0.15) is 0 Å². The number of hydrogen-bond acceptors (Lipinski definition) is 5. The Kier molecular flexibility index (Phi) is 7.28. The average molecular weight is 469 g/mol. The molecule has 0 saturated carbocycles. The molecule has 1 N–H and O–H groups in total. The van der Waals surface area contributed by atoms with Crippen LogP contribution in [0.5, 0.6) is 11.5 Å². The monoisotopic (exact) mass is 468 g/mol. The van der Waals surface area contributed by atoms with E-state index in [0.717, 1.165) is 16.7 Å². The fraction of sp³-hybridized carbons (Fsp3) is 0.240. The van der Waals surface area contributed by atoms with Gasteiger partial charge in [0.2, 0.25) is 10.0 Å². The fourth-order valence-corrected chi connectivity index (χ4v) is 4.34. The highest BCUT2D eigenvalue weighted by Crippen LogP contribution is 2.31. The quantitative estimate of drug-likeness (QED) is 0.525. The number of carbonyl (C=O) groups is 1. The number of benzene rings is 3. The predicted molar refractivity (Wildman–Crippen MR) is 131 cm³/mol. The SMILES string of the molecule is COc1cccc(C(=O)Nc2cccc(CN(c3ccc(C)c(C)c3)S(C)(=O)=O)c2)c1OC. The summed E-state index contributed by atoms with van der Waals surface area (Å²) in [5.74, 6) is 0.430. The minimum Gasteiger partial charge on any atom is -0.493 e. The van der Waals surface area contributed by atoms with Crippen LogP contribution in [0, 0.1) is 13.8 Å². The molecule has 0 saturated heterocycles. The minimum absolute atomic E-state index is 0.132. The van der Waals surface area contributed by atoms with Gasteiger partial charge in [0, 0.05) is 5.69 Å². The first-order valence-corrected chi connectivity index (χ1v) is 12.1. The van der Waals surface area contributed by atoms with Crippen molar-refractivity contribution in [3.8, 4) is 11.5 Å². The smallest absolute Gasteiger partial charge is 0.259 e. The van der Waals surface area contributed by atoms with Gasteiger partial charge in [-0.1, -0.05) is 24.3 Å². The number of aryl methyl sites for hydroxylation is 2. The second-order valence-corrected chi connectivity index (χ2v) is 9.64. The summed E-state index contributed by atoms with van der Waals surface area (Å²) in [7, 11) is -0.546. The summed E-state index contributed by atoms with van der Waals surface area (Å²) >= 11 is 0. The van der Waals surface area contributed by atoms with Gasteiger partial charge in [0.1, 0.15) is 0 Å². The largest absolute Gasteiger partial charge is 0.493 e. The maximum absolute atomic E-state index is 12.9.